The molecule has 0 radical (unpaired) electrons. The lowest BCUT2D eigenvalue weighted by Crippen LogP contribution is -2.51. The molecule has 134 valence electrons. The average Bonchev–Trinajstić information content (AvgIpc) is 2.54. The Morgan fingerprint density at radius 2 is 1.83 bits per heavy atom. The Balaban J connectivity index is 2.00. The summed E-state index contributed by atoms with van der Waals surface area (Å²) in [6.45, 7) is 0.830. The normalized spacial score (nSPS) is 23.7. The van der Waals surface area contributed by atoms with Crippen molar-refractivity contribution < 1.29 is 23.1 Å². The molecule has 0 amide bonds. The van der Waals surface area contributed by atoms with Crippen molar-refractivity contribution in [2.75, 3.05) is 20.2 Å². The van der Waals surface area contributed by atoms with Crippen LogP contribution in [-0.4, -0.2) is 56.1 Å². The van der Waals surface area contributed by atoms with Gasteiger partial charge in [0.05, 0.1) is 12.5 Å². The monoisotopic (exact) mass is 348 g/mol. The molecule has 0 aromatic heterocycles. The van der Waals surface area contributed by atoms with Crippen molar-refractivity contribution in [3.63, 3.8) is 0 Å². The van der Waals surface area contributed by atoms with Gasteiger partial charge in [0, 0.05) is 26.2 Å². The zero-order valence-corrected chi connectivity index (χ0v) is 14.6. The number of aliphatic carboxylic acids is 1. The predicted octanol–water partition coefficient (Wildman–Crippen LogP) is 1.36. The molecule has 1 saturated heterocycles. The van der Waals surface area contributed by atoms with Gasteiger partial charge in [-0.3, -0.25) is 4.79 Å². The van der Waals surface area contributed by atoms with E-state index in [1.54, 1.807) is 7.11 Å². The molecule has 2 fully saturated rings. The Hall–Kier alpha value is -0.700. The minimum Gasteiger partial charge on any atom is -0.481 e. The second-order valence-corrected chi connectivity index (χ2v) is 8.26. The van der Waals surface area contributed by atoms with Gasteiger partial charge < -0.3 is 9.84 Å². The van der Waals surface area contributed by atoms with Gasteiger partial charge in [-0.25, -0.2) is 0 Å². The molecule has 0 spiro atoms. The third kappa shape index (κ3) is 5.41. The van der Waals surface area contributed by atoms with Gasteiger partial charge in [0.25, 0.3) is 10.2 Å². The Bertz CT molecular complexity index is 482. The van der Waals surface area contributed by atoms with Gasteiger partial charge in [-0.1, -0.05) is 19.3 Å². The minimum absolute atomic E-state index is 0.106. The highest BCUT2D eigenvalue weighted by Gasteiger charge is 2.33. The number of ether oxygens (including phenoxy) is 1. The summed E-state index contributed by atoms with van der Waals surface area (Å²) in [4.78, 5) is 11.1. The van der Waals surface area contributed by atoms with E-state index in [4.69, 9.17) is 9.84 Å². The lowest BCUT2D eigenvalue weighted by Gasteiger charge is -2.34. The van der Waals surface area contributed by atoms with E-state index in [-0.39, 0.29) is 18.4 Å². The largest absolute Gasteiger partial charge is 0.481 e. The van der Waals surface area contributed by atoms with E-state index in [2.05, 4.69) is 4.72 Å². The fourth-order valence-electron chi connectivity index (χ4n) is 3.60. The smallest absolute Gasteiger partial charge is 0.304 e. The van der Waals surface area contributed by atoms with Crippen LogP contribution in [-0.2, 0) is 19.7 Å². The zero-order valence-electron chi connectivity index (χ0n) is 13.7. The maximum atomic E-state index is 12.6. The zero-order chi connectivity index (χ0) is 16.9. The van der Waals surface area contributed by atoms with Crippen LogP contribution < -0.4 is 4.72 Å². The van der Waals surface area contributed by atoms with E-state index >= 15 is 0 Å². The second kappa shape index (κ2) is 8.41. The van der Waals surface area contributed by atoms with Crippen molar-refractivity contribution in [1.29, 1.82) is 0 Å². The molecule has 2 rings (SSSR count). The molecule has 8 heteroatoms. The highest BCUT2D eigenvalue weighted by atomic mass is 32.2. The van der Waals surface area contributed by atoms with Crippen LogP contribution in [0.3, 0.4) is 0 Å². The van der Waals surface area contributed by atoms with E-state index in [1.807, 2.05) is 0 Å². The number of rotatable bonds is 7. The van der Waals surface area contributed by atoms with E-state index in [0.717, 1.165) is 32.1 Å². The first-order chi connectivity index (χ1) is 10.9. The number of carboxylic acid groups (broad SMARTS) is 1. The molecule has 0 unspecified atom stereocenters. The van der Waals surface area contributed by atoms with Crippen molar-refractivity contribution in [2.45, 2.75) is 63.5 Å². The summed E-state index contributed by atoms with van der Waals surface area (Å²) in [5, 5.41) is 9.12. The highest BCUT2D eigenvalue weighted by molar-refractivity contribution is 7.87. The molecule has 0 aromatic rings. The summed E-state index contributed by atoms with van der Waals surface area (Å²) in [5.74, 6) is -0.840. The fraction of sp³-hybridized carbons (Fsp3) is 0.933. The second-order valence-electron chi connectivity index (χ2n) is 6.56. The molecule has 1 aliphatic carbocycles. The Morgan fingerprint density at radius 3 is 2.35 bits per heavy atom. The van der Waals surface area contributed by atoms with Crippen molar-refractivity contribution in [2.24, 2.45) is 5.92 Å². The van der Waals surface area contributed by atoms with Gasteiger partial charge in [0.15, 0.2) is 0 Å². The molecule has 2 N–H and O–H groups in total. The predicted molar refractivity (Wildman–Crippen MR) is 86.3 cm³/mol. The fourth-order valence-corrected chi connectivity index (χ4v) is 5.10. The van der Waals surface area contributed by atoms with Crippen LogP contribution in [0.4, 0.5) is 0 Å². The number of piperidine rings is 1. The Labute approximate surface area is 138 Å². The first-order valence-electron chi connectivity index (χ1n) is 8.44. The highest BCUT2D eigenvalue weighted by Crippen LogP contribution is 2.28. The Morgan fingerprint density at radius 1 is 1.22 bits per heavy atom. The number of carboxylic acids is 1. The quantitative estimate of drug-likeness (QED) is 0.724. The van der Waals surface area contributed by atoms with Crippen LogP contribution in [0.2, 0.25) is 0 Å². The number of hydrogen-bond donors (Lipinski definition) is 2. The maximum absolute atomic E-state index is 12.6. The summed E-state index contributed by atoms with van der Waals surface area (Å²) in [5.41, 5.74) is 0. The summed E-state index contributed by atoms with van der Waals surface area (Å²) in [7, 11) is -2.01. The van der Waals surface area contributed by atoms with Crippen LogP contribution in [0.1, 0.15) is 51.4 Å². The first-order valence-corrected chi connectivity index (χ1v) is 9.88. The molecular weight excluding hydrogens is 320 g/mol. The first kappa shape index (κ1) is 18.6. The maximum Gasteiger partial charge on any atom is 0.304 e. The van der Waals surface area contributed by atoms with E-state index < -0.39 is 22.2 Å². The molecule has 7 nitrogen and oxygen atoms in total. The summed E-state index contributed by atoms with van der Waals surface area (Å²) >= 11 is 0. The van der Waals surface area contributed by atoms with E-state index in [0.29, 0.717) is 25.9 Å². The summed E-state index contributed by atoms with van der Waals surface area (Å²) in [6.07, 6.45) is 6.32. The lowest BCUT2D eigenvalue weighted by atomic mass is 9.83. The molecule has 23 heavy (non-hydrogen) atoms. The third-order valence-electron chi connectivity index (χ3n) is 4.99. The molecule has 1 aliphatic heterocycles. The molecular formula is C15H28N2O5S. The Kier molecular flexibility index (Phi) is 6.82. The van der Waals surface area contributed by atoms with E-state index in [1.165, 1.54) is 4.31 Å². The van der Waals surface area contributed by atoms with Gasteiger partial charge in [-0.15, -0.1) is 0 Å². The molecule has 0 aromatic carbocycles. The molecule has 2 aliphatic rings. The minimum atomic E-state index is -3.64. The van der Waals surface area contributed by atoms with Gasteiger partial charge in [-0.05, 0) is 31.6 Å². The van der Waals surface area contributed by atoms with Gasteiger partial charge >= 0.3 is 5.97 Å². The van der Waals surface area contributed by atoms with Crippen LogP contribution in [0.15, 0.2) is 0 Å². The number of carbonyl (C=O) groups is 1. The van der Waals surface area contributed by atoms with Crippen LogP contribution in [0.25, 0.3) is 0 Å². The molecule has 1 atom stereocenters. The van der Waals surface area contributed by atoms with Crippen LogP contribution in [0, 0.1) is 5.92 Å². The van der Waals surface area contributed by atoms with Crippen LogP contribution >= 0.6 is 0 Å². The van der Waals surface area contributed by atoms with Crippen molar-refractivity contribution >= 4 is 16.2 Å². The summed E-state index contributed by atoms with van der Waals surface area (Å²) in [6, 6.07) is -0.516. The van der Waals surface area contributed by atoms with E-state index in [9.17, 15) is 13.2 Å². The van der Waals surface area contributed by atoms with Crippen LogP contribution in [0.5, 0.6) is 0 Å². The molecule has 1 heterocycles. The van der Waals surface area contributed by atoms with Gasteiger partial charge in [-0.2, -0.15) is 17.4 Å². The number of hydrogen-bond acceptors (Lipinski definition) is 4. The van der Waals surface area contributed by atoms with Gasteiger partial charge in [0.2, 0.25) is 0 Å². The number of methoxy groups -OCH3 is 1. The average molecular weight is 348 g/mol. The third-order valence-corrected chi connectivity index (χ3v) is 6.63. The number of nitrogens with one attached hydrogen (secondary N) is 1. The van der Waals surface area contributed by atoms with Crippen molar-refractivity contribution in [1.82, 2.24) is 9.03 Å². The number of nitrogens with zero attached hydrogens (tertiary/aromatic N) is 1. The molecule has 1 saturated carbocycles. The van der Waals surface area contributed by atoms with Crippen molar-refractivity contribution in [3.05, 3.63) is 0 Å². The van der Waals surface area contributed by atoms with Crippen molar-refractivity contribution in [3.8, 4) is 0 Å². The molecule has 0 bridgehead atoms. The lowest BCUT2D eigenvalue weighted by molar-refractivity contribution is -0.137. The summed E-state index contributed by atoms with van der Waals surface area (Å²) < 4.78 is 34.5. The SMILES string of the molecule is COC1CCN(S(=O)(=O)N[C@H](CC(=O)O)C2CCCCC2)CC1. The van der Waals surface area contributed by atoms with Gasteiger partial charge in [0.1, 0.15) is 0 Å². The topological polar surface area (TPSA) is 95.9 Å². The standard InChI is InChI=1S/C15H28N2O5S/c1-22-13-7-9-17(10-8-13)23(20,21)16-14(11-15(18)19)12-5-3-2-4-6-12/h12-14,16H,2-11H2,1H3,(H,18,19)/t14-/m1/s1.